The van der Waals surface area contributed by atoms with Crippen molar-refractivity contribution in [2.45, 2.75) is 6.92 Å². The molecule has 80 valence electrons. The molecule has 3 heteroatoms. The molecule has 1 aromatic heterocycles. The fraction of sp³-hybridized carbons (Fsp3) is 0.0769. The molecule has 3 nitrogen and oxygen atoms in total. The third kappa shape index (κ3) is 2.25. The lowest BCUT2D eigenvalue weighted by Gasteiger charge is -2.01. The Hall–Kier alpha value is -2.16. The zero-order valence-corrected chi connectivity index (χ0v) is 8.96. The summed E-state index contributed by atoms with van der Waals surface area (Å²) in [6.07, 6.45) is 1.72. The molecule has 0 spiro atoms. The van der Waals surface area contributed by atoms with Crippen LogP contribution in [0.1, 0.15) is 12.6 Å². The molecule has 2 aromatic rings. The summed E-state index contributed by atoms with van der Waals surface area (Å²) < 4.78 is 0. The molecule has 0 fully saturated rings. The van der Waals surface area contributed by atoms with Crippen molar-refractivity contribution in [1.82, 2.24) is 4.98 Å². The normalized spacial score (nSPS) is 11.4. The average molecular weight is 212 g/mol. The van der Waals surface area contributed by atoms with Crippen LogP contribution < -0.4 is 0 Å². The Balaban J connectivity index is 2.36. The number of pyridine rings is 1. The zero-order valence-electron chi connectivity index (χ0n) is 8.96. The summed E-state index contributed by atoms with van der Waals surface area (Å²) in [6, 6.07) is 12.6. The van der Waals surface area contributed by atoms with Crippen molar-refractivity contribution >= 4 is 11.4 Å². The fourth-order valence-corrected chi connectivity index (χ4v) is 1.37. The molecule has 0 amide bonds. The number of phenolic OH excluding ortho intramolecular Hbond substituents is 1. The van der Waals surface area contributed by atoms with Gasteiger partial charge in [0.2, 0.25) is 0 Å². The number of aromatic hydroxyl groups is 1. The molecule has 1 N–H and O–H groups in total. The van der Waals surface area contributed by atoms with Crippen LogP contribution in [0, 0.1) is 0 Å². The first kappa shape index (κ1) is 10.4. The third-order valence-corrected chi connectivity index (χ3v) is 2.21. The Labute approximate surface area is 94.1 Å². The number of hydrogen-bond donors (Lipinski definition) is 1. The Bertz CT molecular complexity index is 506. The first-order chi connectivity index (χ1) is 7.77. The minimum Gasteiger partial charge on any atom is -0.506 e. The van der Waals surface area contributed by atoms with Crippen LogP contribution in [0.5, 0.6) is 5.75 Å². The summed E-state index contributed by atoms with van der Waals surface area (Å²) in [5, 5.41) is 9.58. The molecule has 2 rings (SSSR count). The number of nitrogens with zero attached hydrogens (tertiary/aromatic N) is 2. The van der Waals surface area contributed by atoms with Crippen LogP contribution in [-0.2, 0) is 0 Å². The highest BCUT2D eigenvalue weighted by Crippen LogP contribution is 2.25. The van der Waals surface area contributed by atoms with Crippen molar-refractivity contribution in [1.29, 1.82) is 0 Å². The molecule has 0 radical (unpaired) electrons. The van der Waals surface area contributed by atoms with Gasteiger partial charge >= 0.3 is 0 Å². The molecule has 0 saturated carbocycles. The van der Waals surface area contributed by atoms with Crippen molar-refractivity contribution in [3.8, 4) is 5.75 Å². The maximum Gasteiger partial charge on any atom is 0.141 e. The van der Waals surface area contributed by atoms with Crippen LogP contribution in [0.2, 0.25) is 0 Å². The van der Waals surface area contributed by atoms with Gasteiger partial charge in [-0.25, -0.2) is 4.99 Å². The smallest absolute Gasteiger partial charge is 0.141 e. The molecule has 0 aliphatic carbocycles. The van der Waals surface area contributed by atoms with E-state index in [1.165, 1.54) is 0 Å². The van der Waals surface area contributed by atoms with E-state index in [1.807, 2.05) is 31.2 Å². The summed E-state index contributed by atoms with van der Waals surface area (Å²) in [7, 11) is 0. The van der Waals surface area contributed by atoms with Gasteiger partial charge in [-0.2, -0.15) is 0 Å². The Morgan fingerprint density at radius 3 is 2.56 bits per heavy atom. The van der Waals surface area contributed by atoms with E-state index in [4.69, 9.17) is 0 Å². The highest BCUT2D eigenvalue weighted by atomic mass is 16.3. The number of benzene rings is 1. The molecule has 1 heterocycles. The van der Waals surface area contributed by atoms with E-state index in [-0.39, 0.29) is 5.75 Å². The second kappa shape index (κ2) is 4.57. The number of para-hydroxylation sites is 2. The van der Waals surface area contributed by atoms with Crippen molar-refractivity contribution < 1.29 is 5.11 Å². The summed E-state index contributed by atoms with van der Waals surface area (Å²) in [4.78, 5) is 8.53. The first-order valence-corrected chi connectivity index (χ1v) is 5.02. The standard InChI is InChI=1S/C13H12N2O/c1-10(11-6-4-5-9-14-11)15-12-7-2-3-8-13(12)16/h2-9,16H,1H3/b15-10+. The van der Waals surface area contributed by atoms with E-state index in [2.05, 4.69) is 9.98 Å². The van der Waals surface area contributed by atoms with Gasteiger partial charge in [0.05, 0.1) is 11.4 Å². The van der Waals surface area contributed by atoms with Crippen LogP contribution in [0.15, 0.2) is 53.7 Å². The molecule has 0 unspecified atom stereocenters. The lowest BCUT2D eigenvalue weighted by atomic mass is 10.2. The second-order valence-electron chi connectivity index (χ2n) is 3.40. The predicted molar refractivity (Wildman–Crippen MR) is 64.2 cm³/mol. The maximum atomic E-state index is 9.58. The number of aromatic nitrogens is 1. The molecular weight excluding hydrogens is 200 g/mol. The minimum absolute atomic E-state index is 0.179. The van der Waals surface area contributed by atoms with Gasteiger partial charge in [-0.15, -0.1) is 0 Å². The van der Waals surface area contributed by atoms with E-state index in [9.17, 15) is 5.11 Å². The van der Waals surface area contributed by atoms with Crippen molar-refractivity contribution in [2.75, 3.05) is 0 Å². The van der Waals surface area contributed by atoms with Crippen molar-refractivity contribution in [3.63, 3.8) is 0 Å². The van der Waals surface area contributed by atoms with E-state index in [0.717, 1.165) is 11.4 Å². The molecule has 0 aliphatic rings. The summed E-state index contributed by atoms with van der Waals surface area (Å²) >= 11 is 0. The zero-order chi connectivity index (χ0) is 11.4. The summed E-state index contributed by atoms with van der Waals surface area (Å²) in [5.41, 5.74) is 2.15. The van der Waals surface area contributed by atoms with Crippen LogP contribution in [0.25, 0.3) is 0 Å². The fourth-order valence-electron chi connectivity index (χ4n) is 1.37. The summed E-state index contributed by atoms with van der Waals surface area (Å²) in [5.74, 6) is 0.179. The lowest BCUT2D eigenvalue weighted by Crippen LogP contribution is -1.96. The van der Waals surface area contributed by atoms with Gasteiger partial charge in [-0.1, -0.05) is 18.2 Å². The molecule has 1 aromatic carbocycles. The summed E-state index contributed by atoms with van der Waals surface area (Å²) in [6.45, 7) is 1.87. The quantitative estimate of drug-likeness (QED) is 0.778. The number of aliphatic imine (C=N–C) groups is 1. The van der Waals surface area contributed by atoms with E-state index in [0.29, 0.717) is 5.69 Å². The maximum absolute atomic E-state index is 9.58. The largest absolute Gasteiger partial charge is 0.506 e. The highest BCUT2D eigenvalue weighted by Gasteiger charge is 2.00. The third-order valence-electron chi connectivity index (χ3n) is 2.21. The molecule has 0 atom stereocenters. The molecule has 0 aliphatic heterocycles. The Kier molecular flexibility index (Phi) is 2.96. The molecule has 16 heavy (non-hydrogen) atoms. The van der Waals surface area contributed by atoms with Gasteiger partial charge in [-0.05, 0) is 31.2 Å². The second-order valence-corrected chi connectivity index (χ2v) is 3.40. The molecular formula is C13H12N2O. The Morgan fingerprint density at radius 2 is 1.88 bits per heavy atom. The van der Waals surface area contributed by atoms with Crippen LogP contribution in [0.4, 0.5) is 5.69 Å². The monoisotopic (exact) mass is 212 g/mol. The van der Waals surface area contributed by atoms with Gasteiger partial charge in [0, 0.05) is 6.20 Å². The van der Waals surface area contributed by atoms with E-state index >= 15 is 0 Å². The topological polar surface area (TPSA) is 45.5 Å². The van der Waals surface area contributed by atoms with E-state index < -0.39 is 0 Å². The lowest BCUT2D eigenvalue weighted by molar-refractivity contribution is 0.477. The minimum atomic E-state index is 0.179. The van der Waals surface area contributed by atoms with Gasteiger partial charge in [0.15, 0.2) is 0 Å². The van der Waals surface area contributed by atoms with Crippen LogP contribution in [-0.4, -0.2) is 15.8 Å². The van der Waals surface area contributed by atoms with Gasteiger partial charge in [0.1, 0.15) is 11.4 Å². The van der Waals surface area contributed by atoms with Crippen LogP contribution in [0.3, 0.4) is 0 Å². The van der Waals surface area contributed by atoms with E-state index in [1.54, 1.807) is 24.4 Å². The SMILES string of the molecule is C/C(=N\c1ccccc1O)c1ccccn1. The Morgan fingerprint density at radius 1 is 1.12 bits per heavy atom. The van der Waals surface area contributed by atoms with Crippen molar-refractivity contribution in [2.24, 2.45) is 4.99 Å². The van der Waals surface area contributed by atoms with Gasteiger partial charge in [0.25, 0.3) is 0 Å². The van der Waals surface area contributed by atoms with Crippen LogP contribution >= 0.6 is 0 Å². The van der Waals surface area contributed by atoms with Crippen molar-refractivity contribution in [3.05, 3.63) is 54.4 Å². The predicted octanol–water partition coefficient (Wildman–Crippen LogP) is 2.93. The molecule has 0 saturated heterocycles. The van der Waals surface area contributed by atoms with Gasteiger partial charge in [-0.3, -0.25) is 4.98 Å². The number of hydrogen-bond acceptors (Lipinski definition) is 3. The first-order valence-electron chi connectivity index (χ1n) is 5.02. The molecule has 0 bridgehead atoms. The van der Waals surface area contributed by atoms with Gasteiger partial charge < -0.3 is 5.11 Å². The highest BCUT2D eigenvalue weighted by molar-refractivity contribution is 5.98. The average Bonchev–Trinajstić information content (AvgIpc) is 2.33. The number of phenols is 1. The number of rotatable bonds is 2.